The molecule has 0 saturated carbocycles. The maximum Gasteiger partial charge on any atom is 0.420 e. The molecular formula is C17H12BrF3N8O. The number of guanidine groups is 1. The van der Waals surface area contributed by atoms with Crippen LogP contribution in [0.1, 0.15) is 28.3 Å². The first-order valence-corrected chi connectivity index (χ1v) is 8.85. The minimum absolute atomic E-state index is 0.0300. The van der Waals surface area contributed by atoms with Gasteiger partial charge in [0.15, 0.2) is 6.19 Å². The van der Waals surface area contributed by atoms with Crippen molar-refractivity contribution in [2.45, 2.75) is 12.2 Å². The van der Waals surface area contributed by atoms with E-state index >= 15 is 0 Å². The SMILES string of the molecule is COc1c(Br)cc(C2N=C(NC#N)Nc3nc(N)c(C#N)c(N)c32)cc1C(F)(F)F. The fraction of sp³-hybridized carbons (Fsp3) is 0.176. The lowest BCUT2D eigenvalue weighted by atomic mass is 9.93. The number of hydrogen-bond donors (Lipinski definition) is 4. The van der Waals surface area contributed by atoms with Crippen LogP contribution in [-0.4, -0.2) is 18.1 Å². The molecule has 0 saturated heterocycles. The summed E-state index contributed by atoms with van der Waals surface area (Å²) in [5.41, 5.74) is 10.8. The van der Waals surface area contributed by atoms with Crippen LogP contribution in [0.2, 0.25) is 0 Å². The third-order valence-electron chi connectivity index (χ3n) is 4.25. The Morgan fingerprint density at radius 2 is 2.00 bits per heavy atom. The van der Waals surface area contributed by atoms with Gasteiger partial charge >= 0.3 is 6.18 Å². The number of ether oxygens (including phenoxy) is 1. The minimum Gasteiger partial charge on any atom is -0.495 e. The summed E-state index contributed by atoms with van der Waals surface area (Å²) in [6, 6.07) is 2.93. The van der Waals surface area contributed by atoms with Gasteiger partial charge < -0.3 is 21.5 Å². The van der Waals surface area contributed by atoms with E-state index in [1.165, 1.54) is 6.07 Å². The van der Waals surface area contributed by atoms with E-state index in [9.17, 15) is 18.4 Å². The van der Waals surface area contributed by atoms with Crippen molar-refractivity contribution in [3.05, 3.63) is 38.9 Å². The smallest absolute Gasteiger partial charge is 0.420 e. The molecule has 1 aliphatic heterocycles. The van der Waals surface area contributed by atoms with E-state index in [2.05, 4.69) is 36.5 Å². The van der Waals surface area contributed by atoms with E-state index in [0.29, 0.717) is 0 Å². The van der Waals surface area contributed by atoms with Crippen LogP contribution in [0.3, 0.4) is 0 Å². The Kier molecular flexibility index (Phi) is 5.33. The highest BCUT2D eigenvalue weighted by Gasteiger charge is 2.38. The molecule has 1 aromatic carbocycles. The predicted octanol–water partition coefficient (Wildman–Crippen LogP) is 2.85. The van der Waals surface area contributed by atoms with Gasteiger partial charge in [0.1, 0.15) is 35.1 Å². The predicted molar refractivity (Wildman–Crippen MR) is 105 cm³/mol. The van der Waals surface area contributed by atoms with E-state index in [1.807, 2.05) is 6.07 Å². The topological polar surface area (TPSA) is 158 Å². The Morgan fingerprint density at radius 1 is 1.30 bits per heavy atom. The van der Waals surface area contributed by atoms with Gasteiger partial charge in [0, 0.05) is 5.56 Å². The fourth-order valence-electron chi connectivity index (χ4n) is 3.01. The molecule has 0 radical (unpaired) electrons. The summed E-state index contributed by atoms with van der Waals surface area (Å²) in [7, 11) is 1.12. The van der Waals surface area contributed by atoms with Crippen LogP contribution >= 0.6 is 15.9 Å². The largest absolute Gasteiger partial charge is 0.495 e. The standard InChI is InChI=1S/C17H12BrF3N8O/c1-30-13-8(17(19,20)21)2-6(3-9(13)18)12-10-11(24)7(4-22)14(25)28-15(10)29-16(27-12)26-5-23/h2-3,12H,1H3,(H6,24,25,26,27,28,29). The van der Waals surface area contributed by atoms with Gasteiger partial charge in [-0.1, -0.05) is 0 Å². The average Bonchev–Trinajstić information content (AvgIpc) is 2.66. The molecule has 1 unspecified atom stereocenters. The van der Waals surface area contributed by atoms with E-state index in [1.54, 1.807) is 6.19 Å². The molecule has 6 N–H and O–H groups in total. The fourth-order valence-corrected chi connectivity index (χ4v) is 3.65. The molecule has 3 rings (SSSR count). The van der Waals surface area contributed by atoms with Crippen molar-refractivity contribution in [2.75, 3.05) is 23.9 Å². The quantitative estimate of drug-likeness (QED) is 0.377. The van der Waals surface area contributed by atoms with E-state index in [4.69, 9.17) is 21.5 Å². The van der Waals surface area contributed by atoms with Crippen LogP contribution in [0.5, 0.6) is 5.75 Å². The number of fused-ring (bicyclic) bond motifs is 1. The number of methoxy groups -OCH3 is 1. The van der Waals surface area contributed by atoms with Crippen LogP contribution in [0.25, 0.3) is 0 Å². The first kappa shape index (κ1) is 21.0. The Hall–Kier alpha value is -3.71. The number of pyridine rings is 1. The van der Waals surface area contributed by atoms with Crippen molar-refractivity contribution in [2.24, 2.45) is 4.99 Å². The number of nitrogens with one attached hydrogen (secondary N) is 2. The number of rotatable bonds is 2. The maximum atomic E-state index is 13.6. The lowest BCUT2D eigenvalue weighted by Crippen LogP contribution is -2.32. The highest BCUT2D eigenvalue weighted by atomic mass is 79.9. The highest BCUT2D eigenvalue weighted by Crippen LogP contribution is 2.46. The van der Waals surface area contributed by atoms with Gasteiger partial charge in [0.2, 0.25) is 5.96 Å². The number of nitrogens with zero attached hydrogens (tertiary/aromatic N) is 4. The molecule has 13 heteroatoms. The van der Waals surface area contributed by atoms with Crippen molar-refractivity contribution < 1.29 is 17.9 Å². The third kappa shape index (κ3) is 3.51. The third-order valence-corrected chi connectivity index (χ3v) is 4.84. The first-order valence-electron chi connectivity index (χ1n) is 8.05. The lowest BCUT2D eigenvalue weighted by molar-refractivity contribution is -0.138. The number of hydrogen-bond acceptors (Lipinski definition) is 9. The molecule has 9 nitrogen and oxygen atoms in total. The van der Waals surface area contributed by atoms with Crippen LogP contribution < -0.4 is 26.8 Å². The molecule has 1 atom stereocenters. The number of halogens is 4. The average molecular weight is 481 g/mol. The second-order valence-electron chi connectivity index (χ2n) is 5.98. The summed E-state index contributed by atoms with van der Waals surface area (Å²) in [6.45, 7) is 0. The molecule has 30 heavy (non-hydrogen) atoms. The molecule has 2 heterocycles. The molecule has 1 aliphatic rings. The highest BCUT2D eigenvalue weighted by molar-refractivity contribution is 9.10. The molecule has 0 spiro atoms. The van der Waals surface area contributed by atoms with Crippen molar-refractivity contribution in [3.63, 3.8) is 0 Å². The molecule has 0 amide bonds. The van der Waals surface area contributed by atoms with E-state index < -0.39 is 23.5 Å². The molecule has 1 aromatic heterocycles. The summed E-state index contributed by atoms with van der Waals surface area (Å²) >= 11 is 3.09. The van der Waals surface area contributed by atoms with Crippen molar-refractivity contribution >= 4 is 39.2 Å². The summed E-state index contributed by atoms with van der Waals surface area (Å²) in [4.78, 5) is 8.30. The van der Waals surface area contributed by atoms with Crippen LogP contribution in [0.4, 0.5) is 30.5 Å². The molecule has 0 fully saturated rings. The van der Waals surface area contributed by atoms with Crippen molar-refractivity contribution in [1.29, 1.82) is 10.5 Å². The first-order chi connectivity index (χ1) is 14.1. The minimum atomic E-state index is -4.72. The Morgan fingerprint density at radius 3 is 2.57 bits per heavy atom. The zero-order valence-corrected chi connectivity index (χ0v) is 16.7. The summed E-state index contributed by atoms with van der Waals surface area (Å²) in [6.07, 6.45) is -3.06. The second kappa shape index (κ2) is 7.61. The van der Waals surface area contributed by atoms with Gasteiger partial charge in [-0.3, -0.25) is 5.32 Å². The molecule has 0 bridgehead atoms. The van der Waals surface area contributed by atoms with Crippen molar-refractivity contribution in [3.8, 4) is 18.0 Å². The van der Waals surface area contributed by atoms with Gasteiger partial charge in [0.25, 0.3) is 0 Å². The number of alkyl halides is 3. The second-order valence-corrected chi connectivity index (χ2v) is 6.84. The van der Waals surface area contributed by atoms with E-state index in [0.717, 1.165) is 13.2 Å². The summed E-state index contributed by atoms with van der Waals surface area (Å²) in [5, 5.41) is 23.2. The Balaban J connectivity index is 2.32. The molecule has 0 aliphatic carbocycles. The van der Waals surface area contributed by atoms with Gasteiger partial charge in [0.05, 0.1) is 22.8 Å². The van der Waals surface area contributed by atoms with Gasteiger partial charge in [-0.05, 0) is 33.6 Å². The molecular weight excluding hydrogens is 469 g/mol. The number of nitrogens with two attached hydrogens (primary N) is 2. The number of benzene rings is 1. The summed E-state index contributed by atoms with van der Waals surface area (Å²) in [5.74, 6) is -0.597. The Labute approximate surface area is 176 Å². The van der Waals surface area contributed by atoms with Crippen LogP contribution in [-0.2, 0) is 6.18 Å². The summed E-state index contributed by atoms with van der Waals surface area (Å²) < 4.78 is 45.7. The lowest BCUT2D eigenvalue weighted by Gasteiger charge is -2.27. The molecule has 2 aromatic rings. The van der Waals surface area contributed by atoms with Gasteiger partial charge in [-0.2, -0.15) is 23.7 Å². The van der Waals surface area contributed by atoms with Crippen molar-refractivity contribution in [1.82, 2.24) is 10.3 Å². The maximum absolute atomic E-state index is 13.6. The number of aliphatic imine (C=N–C) groups is 1. The monoisotopic (exact) mass is 480 g/mol. The van der Waals surface area contributed by atoms with Gasteiger partial charge in [-0.15, -0.1) is 0 Å². The zero-order valence-electron chi connectivity index (χ0n) is 15.1. The normalized spacial score (nSPS) is 15.2. The van der Waals surface area contributed by atoms with Gasteiger partial charge in [-0.25, -0.2) is 9.98 Å². The van der Waals surface area contributed by atoms with E-state index in [-0.39, 0.29) is 44.4 Å². The zero-order chi connectivity index (χ0) is 22.2. The number of aromatic nitrogens is 1. The van der Waals surface area contributed by atoms with Crippen LogP contribution in [0, 0.1) is 22.8 Å². The number of nitrogen functional groups attached to an aromatic ring is 2. The van der Waals surface area contributed by atoms with Crippen LogP contribution in [0.15, 0.2) is 21.6 Å². The molecule has 154 valence electrons. The Bertz CT molecular complexity index is 1150. The number of nitriles is 2. The number of anilines is 3.